The lowest BCUT2D eigenvalue weighted by Gasteiger charge is -2.28. The van der Waals surface area contributed by atoms with E-state index in [2.05, 4.69) is 15.3 Å². The van der Waals surface area contributed by atoms with Gasteiger partial charge in [-0.3, -0.25) is 24.6 Å². The molecule has 0 bridgehead atoms. The van der Waals surface area contributed by atoms with Gasteiger partial charge in [-0.25, -0.2) is 4.98 Å². The largest absolute Gasteiger partial charge is 0.344 e. The van der Waals surface area contributed by atoms with E-state index in [0.29, 0.717) is 18.1 Å². The molecule has 0 aromatic carbocycles. The summed E-state index contributed by atoms with van der Waals surface area (Å²) in [6.07, 6.45) is 0.828. The van der Waals surface area contributed by atoms with Crippen LogP contribution in [0, 0.1) is 6.92 Å². The molecule has 0 radical (unpaired) electrons. The van der Waals surface area contributed by atoms with Crippen molar-refractivity contribution in [2.24, 2.45) is 0 Å². The second kappa shape index (κ2) is 3.66. The quantitative estimate of drug-likeness (QED) is 0.649. The number of aromatic amines is 1. The summed E-state index contributed by atoms with van der Waals surface area (Å²) in [4.78, 5) is 43.5. The summed E-state index contributed by atoms with van der Waals surface area (Å²) in [6.45, 7) is 1.80. The first-order chi connectivity index (χ1) is 8.56. The van der Waals surface area contributed by atoms with E-state index < -0.39 is 11.9 Å². The topological polar surface area (TPSA) is 95.2 Å². The molecule has 1 fully saturated rings. The van der Waals surface area contributed by atoms with Gasteiger partial charge in [-0.15, -0.1) is 0 Å². The summed E-state index contributed by atoms with van der Waals surface area (Å²) in [7, 11) is 0. The van der Waals surface area contributed by atoms with Crippen LogP contribution in [0.4, 0.5) is 5.82 Å². The number of imide groups is 1. The second-order valence-corrected chi connectivity index (χ2v) is 4.53. The molecule has 1 unspecified atom stereocenters. The van der Waals surface area contributed by atoms with Crippen molar-refractivity contribution in [2.75, 3.05) is 4.90 Å². The number of carbonyl (C=O) groups is 3. The van der Waals surface area contributed by atoms with Gasteiger partial charge in [0.2, 0.25) is 17.7 Å². The third kappa shape index (κ3) is 1.51. The van der Waals surface area contributed by atoms with E-state index in [-0.39, 0.29) is 24.7 Å². The van der Waals surface area contributed by atoms with Crippen molar-refractivity contribution < 1.29 is 14.4 Å². The minimum Gasteiger partial charge on any atom is -0.344 e. The molecule has 7 heteroatoms. The zero-order chi connectivity index (χ0) is 12.9. The highest BCUT2D eigenvalue weighted by Gasteiger charge is 2.41. The van der Waals surface area contributed by atoms with Crippen molar-refractivity contribution in [1.82, 2.24) is 15.3 Å². The number of aromatic nitrogens is 2. The van der Waals surface area contributed by atoms with Crippen molar-refractivity contribution in [3.8, 4) is 0 Å². The molecular weight excluding hydrogens is 236 g/mol. The van der Waals surface area contributed by atoms with Crippen LogP contribution in [-0.2, 0) is 20.8 Å². The van der Waals surface area contributed by atoms with Crippen LogP contribution in [0.1, 0.15) is 24.4 Å². The van der Waals surface area contributed by atoms with Crippen molar-refractivity contribution in [1.29, 1.82) is 0 Å². The molecule has 0 aliphatic carbocycles. The van der Waals surface area contributed by atoms with Gasteiger partial charge in [0.1, 0.15) is 11.9 Å². The zero-order valence-corrected chi connectivity index (χ0v) is 9.82. The molecular formula is C11H12N4O3. The van der Waals surface area contributed by atoms with Crippen LogP contribution in [0.25, 0.3) is 0 Å². The smallest absolute Gasteiger partial charge is 0.249 e. The van der Waals surface area contributed by atoms with Crippen molar-refractivity contribution in [3.63, 3.8) is 0 Å². The SMILES string of the molecule is Cc1nc2c([nH]1)CC(=O)N2C1CCC(=O)NC1=O. The van der Waals surface area contributed by atoms with Crippen LogP contribution in [0.5, 0.6) is 0 Å². The van der Waals surface area contributed by atoms with E-state index in [4.69, 9.17) is 0 Å². The van der Waals surface area contributed by atoms with Gasteiger partial charge >= 0.3 is 0 Å². The maximum absolute atomic E-state index is 11.9. The number of piperidine rings is 1. The second-order valence-electron chi connectivity index (χ2n) is 4.53. The first-order valence-corrected chi connectivity index (χ1v) is 5.77. The van der Waals surface area contributed by atoms with E-state index in [9.17, 15) is 14.4 Å². The molecule has 3 heterocycles. The van der Waals surface area contributed by atoms with Gasteiger partial charge < -0.3 is 4.98 Å². The molecule has 2 N–H and O–H groups in total. The summed E-state index contributed by atoms with van der Waals surface area (Å²) in [6, 6.07) is -0.626. The molecule has 3 rings (SSSR count). The highest BCUT2D eigenvalue weighted by atomic mass is 16.2. The number of rotatable bonds is 1. The Morgan fingerprint density at radius 2 is 2.11 bits per heavy atom. The van der Waals surface area contributed by atoms with E-state index >= 15 is 0 Å². The van der Waals surface area contributed by atoms with Gasteiger partial charge in [0, 0.05) is 6.42 Å². The highest BCUT2D eigenvalue weighted by molar-refractivity contribution is 6.09. The molecule has 7 nitrogen and oxygen atoms in total. The van der Waals surface area contributed by atoms with Gasteiger partial charge in [0.05, 0.1) is 12.1 Å². The summed E-state index contributed by atoms with van der Waals surface area (Å²) < 4.78 is 0. The number of hydrogen-bond acceptors (Lipinski definition) is 4. The molecule has 18 heavy (non-hydrogen) atoms. The predicted octanol–water partition coefficient (Wildman–Crippen LogP) is -0.588. The highest BCUT2D eigenvalue weighted by Crippen LogP contribution is 2.30. The molecule has 1 aromatic heterocycles. The van der Waals surface area contributed by atoms with Gasteiger partial charge in [-0.05, 0) is 13.3 Å². The Kier molecular flexibility index (Phi) is 2.22. The van der Waals surface area contributed by atoms with E-state index in [1.165, 1.54) is 4.90 Å². The predicted molar refractivity (Wildman–Crippen MR) is 60.7 cm³/mol. The van der Waals surface area contributed by atoms with Crippen LogP contribution >= 0.6 is 0 Å². The minimum atomic E-state index is -0.626. The molecule has 94 valence electrons. The van der Waals surface area contributed by atoms with Crippen molar-refractivity contribution in [3.05, 3.63) is 11.5 Å². The number of aryl methyl sites for hydroxylation is 1. The van der Waals surface area contributed by atoms with Crippen LogP contribution < -0.4 is 10.2 Å². The molecule has 2 aliphatic heterocycles. The monoisotopic (exact) mass is 248 g/mol. The molecule has 3 amide bonds. The average Bonchev–Trinajstić information content (AvgIpc) is 2.75. The molecule has 0 spiro atoms. The number of nitrogens with one attached hydrogen (secondary N) is 2. The lowest BCUT2D eigenvalue weighted by Crippen LogP contribution is -2.53. The number of fused-ring (bicyclic) bond motifs is 1. The fourth-order valence-electron chi connectivity index (χ4n) is 2.46. The number of imidazole rings is 1. The van der Waals surface area contributed by atoms with Crippen LogP contribution in [0.3, 0.4) is 0 Å². The van der Waals surface area contributed by atoms with Crippen LogP contribution in [-0.4, -0.2) is 33.7 Å². The van der Waals surface area contributed by atoms with Gasteiger partial charge in [-0.2, -0.15) is 0 Å². The van der Waals surface area contributed by atoms with Crippen LogP contribution in [0.15, 0.2) is 0 Å². The normalized spacial score (nSPS) is 23.3. The summed E-state index contributed by atoms with van der Waals surface area (Å²) in [5.74, 6) is 0.365. The summed E-state index contributed by atoms with van der Waals surface area (Å²) >= 11 is 0. The fourth-order valence-corrected chi connectivity index (χ4v) is 2.46. The molecule has 1 aromatic rings. The third-order valence-corrected chi connectivity index (χ3v) is 3.22. The first-order valence-electron chi connectivity index (χ1n) is 5.77. The fraction of sp³-hybridized carbons (Fsp3) is 0.455. The van der Waals surface area contributed by atoms with Crippen molar-refractivity contribution in [2.45, 2.75) is 32.2 Å². The lowest BCUT2D eigenvalue weighted by atomic mass is 10.0. The maximum atomic E-state index is 11.9. The number of nitrogens with zero attached hydrogens (tertiary/aromatic N) is 2. The number of carbonyl (C=O) groups excluding carboxylic acids is 3. The van der Waals surface area contributed by atoms with Crippen LogP contribution in [0.2, 0.25) is 0 Å². The lowest BCUT2D eigenvalue weighted by molar-refractivity contribution is -0.135. The average molecular weight is 248 g/mol. The molecule has 2 aliphatic rings. The Balaban J connectivity index is 1.94. The first kappa shape index (κ1) is 10.9. The molecule has 0 saturated carbocycles. The van der Waals surface area contributed by atoms with Gasteiger partial charge in [0.15, 0.2) is 5.82 Å². The van der Waals surface area contributed by atoms with Gasteiger partial charge in [0.25, 0.3) is 0 Å². The number of anilines is 1. The Morgan fingerprint density at radius 3 is 2.83 bits per heavy atom. The Bertz CT molecular complexity index is 563. The Hall–Kier alpha value is -2.18. The number of H-pyrrole nitrogens is 1. The third-order valence-electron chi connectivity index (χ3n) is 3.22. The van der Waals surface area contributed by atoms with E-state index in [1.807, 2.05) is 0 Å². The Morgan fingerprint density at radius 1 is 1.33 bits per heavy atom. The maximum Gasteiger partial charge on any atom is 0.249 e. The van der Waals surface area contributed by atoms with Gasteiger partial charge in [-0.1, -0.05) is 0 Å². The Labute approximate surface area is 103 Å². The van der Waals surface area contributed by atoms with E-state index in [0.717, 1.165) is 5.69 Å². The van der Waals surface area contributed by atoms with E-state index in [1.54, 1.807) is 6.92 Å². The summed E-state index contributed by atoms with van der Waals surface area (Å²) in [5, 5.41) is 2.25. The molecule has 1 atom stereocenters. The van der Waals surface area contributed by atoms with Crippen molar-refractivity contribution >= 4 is 23.5 Å². The molecule has 1 saturated heterocycles. The standard InChI is InChI=1S/C11H12N4O3/c1-5-12-6-4-9(17)15(10(6)13-5)7-2-3-8(16)14-11(7)18/h7H,2-4H2,1H3,(H,12,13)(H,14,16,18). The zero-order valence-electron chi connectivity index (χ0n) is 9.82. The minimum absolute atomic E-state index is 0.154. The summed E-state index contributed by atoms with van der Waals surface area (Å²) in [5.41, 5.74) is 0.738. The number of amides is 3. The number of hydrogen-bond donors (Lipinski definition) is 2.